The molecule has 0 saturated carbocycles. The second-order valence-electron chi connectivity index (χ2n) is 7.37. The molecule has 0 fully saturated rings. The summed E-state index contributed by atoms with van der Waals surface area (Å²) in [6.45, 7) is 1.79. The molecule has 3 rings (SSSR count). The molecule has 3 aromatic rings. The minimum Gasteiger partial charge on any atom is -0.482 e. The van der Waals surface area contributed by atoms with Gasteiger partial charge in [-0.05, 0) is 53.9 Å². The summed E-state index contributed by atoms with van der Waals surface area (Å²) in [7, 11) is 0. The van der Waals surface area contributed by atoms with Crippen molar-refractivity contribution in [3.05, 3.63) is 89.5 Å². The Balaban J connectivity index is 1.46. The van der Waals surface area contributed by atoms with Crippen LogP contribution in [0.15, 0.2) is 72.8 Å². The van der Waals surface area contributed by atoms with Crippen molar-refractivity contribution < 1.29 is 24.2 Å². The van der Waals surface area contributed by atoms with Crippen LogP contribution < -0.4 is 20.7 Å². The van der Waals surface area contributed by atoms with Gasteiger partial charge in [0.1, 0.15) is 5.75 Å². The van der Waals surface area contributed by atoms with Crippen LogP contribution in [-0.2, 0) is 22.6 Å². The SMILES string of the molecule is Cc1ccccc1NC(=O)Nc1ccc(CC(=O)NCc2cccc(OCC(=O)O)c2)cc1. The van der Waals surface area contributed by atoms with Crippen LogP contribution in [0.5, 0.6) is 5.75 Å². The summed E-state index contributed by atoms with van der Waals surface area (Å²) >= 11 is 0. The standard InChI is InChI=1S/C25H25N3O5/c1-17-5-2-3-8-22(17)28-25(32)27-20-11-9-18(10-12-20)14-23(29)26-15-19-6-4-7-21(13-19)33-16-24(30)31/h2-13H,14-16H2,1H3,(H,26,29)(H,30,31)(H2,27,28,32). The normalized spacial score (nSPS) is 10.2. The molecule has 0 radical (unpaired) electrons. The van der Waals surface area contributed by atoms with Crippen LogP contribution in [0.4, 0.5) is 16.2 Å². The van der Waals surface area contributed by atoms with E-state index in [0.717, 1.165) is 22.4 Å². The van der Waals surface area contributed by atoms with E-state index in [1.807, 2.05) is 37.3 Å². The molecule has 0 aromatic heterocycles. The van der Waals surface area contributed by atoms with E-state index in [-0.39, 0.29) is 18.4 Å². The lowest BCUT2D eigenvalue weighted by Gasteiger charge is -2.10. The summed E-state index contributed by atoms with van der Waals surface area (Å²) in [6.07, 6.45) is 0.185. The van der Waals surface area contributed by atoms with Crippen molar-refractivity contribution in [3.63, 3.8) is 0 Å². The number of urea groups is 1. The first kappa shape index (κ1) is 23.3. The number of carbonyl (C=O) groups excluding carboxylic acids is 2. The Kier molecular flexibility index (Phi) is 8.02. The zero-order valence-electron chi connectivity index (χ0n) is 18.1. The van der Waals surface area contributed by atoms with Gasteiger partial charge in [0.2, 0.25) is 5.91 Å². The number of aliphatic carboxylic acids is 1. The topological polar surface area (TPSA) is 117 Å². The van der Waals surface area contributed by atoms with Crippen LogP contribution in [0.1, 0.15) is 16.7 Å². The number of ether oxygens (including phenoxy) is 1. The molecule has 0 aliphatic heterocycles. The van der Waals surface area contributed by atoms with Gasteiger partial charge in [0, 0.05) is 17.9 Å². The molecule has 0 spiro atoms. The van der Waals surface area contributed by atoms with Crippen molar-refractivity contribution in [3.8, 4) is 5.75 Å². The summed E-state index contributed by atoms with van der Waals surface area (Å²) < 4.78 is 5.14. The highest BCUT2D eigenvalue weighted by Gasteiger charge is 2.07. The Labute approximate surface area is 191 Å². The van der Waals surface area contributed by atoms with Gasteiger partial charge in [-0.25, -0.2) is 9.59 Å². The molecule has 0 saturated heterocycles. The molecule has 3 amide bonds. The van der Waals surface area contributed by atoms with E-state index in [0.29, 0.717) is 18.0 Å². The van der Waals surface area contributed by atoms with Crippen molar-refractivity contribution in [1.29, 1.82) is 0 Å². The molecule has 8 nitrogen and oxygen atoms in total. The zero-order chi connectivity index (χ0) is 23.6. The monoisotopic (exact) mass is 447 g/mol. The molecule has 0 bridgehead atoms. The predicted octanol–water partition coefficient (Wildman–Crippen LogP) is 3.96. The lowest BCUT2D eigenvalue weighted by Crippen LogP contribution is -2.24. The smallest absolute Gasteiger partial charge is 0.341 e. The summed E-state index contributed by atoms with van der Waals surface area (Å²) in [4.78, 5) is 35.1. The van der Waals surface area contributed by atoms with Crippen molar-refractivity contribution in [2.75, 3.05) is 17.2 Å². The first-order valence-corrected chi connectivity index (χ1v) is 10.3. The van der Waals surface area contributed by atoms with Crippen molar-refractivity contribution in [2.24, 2.45) is 0 Å². The van der Waals surface area contributed by atoms with Gasteiger partial charge < -0.3 is 25.8 Å². The van der Waals surface area contributed by atoms with E-state index in [1.165, 1.54) is 0 Å². The third-order valence-corrected chi connectivity index (χ3v) is 4.72. The number of carboxylic acid groups (broad SMARTS) is 1. The third kappa shape index (κ3) is 7.70. The maximum absolute atomic E-state index is 12.3. The minimum atomic E-state index is -1.05. The summed E-state index contributed by atoms with van der Waals surface area (Å²) in [5.74, 6) is -0.787. The molecule has 0 heterocycles. The molecule has 8 heteroatoms. The van der Waals surface area contributed by atoms with Crippen LogP contribution in [-0.4, -0.2) is 29.6 Å². The van der Waals surface area contributed by atoms with Gasteiger partial charge in [-0.15, -0.1) is 0 Å². The molecular weight excluding hydrogens is 422 g/mol. The number of hydrogen-bond donors (Lipinski definition) is 4. The van der Waals surface area contributed by atoms with Crippen molar-refractivity contribution in [2.45, 2.75) is 19.9 Å². The van der Waals surface area contributed by atoms with Gasteiger partial charge in [0.15, 0.2) is 6.61 Å². The summed E-state index contributed by atoms with van der Waals surface area (Å²) in [6, 6.07) is 21.1. The molecule has 33 heavy (non-hydrogen) atoms. The fourth-order valence-corrected chi connectivity index (χ4v) is 3.04. The number of rotatable bonds is 9. The Morgan fingerprint density at radius 2 is 1.64 bits per heavy atom. The van der Waals surface area contributed by atoms with Gasteiger partial charge in [-0.3, -0.25) is 4.79 Å². The van der Waals surface area contributed by atoms with Crippen LogP contribution in [0.25, 0.3) is 0 Å². The lowest BCUT2D eigenvalue weighted by molar-refractivity contribution is -0.139. The van der Waals surface area contributed by atoms with Gasteiger partial charge in [0.25, 0.3) is 0 Å². The average molecular weight is 447 g/mol. The van der Waals surface area contributed by atoms with Gasteiger partial charge in [-0.2, -0.15) is 0 Å². The number of amides is 3. The maximum atomic E-state index is 12.3. The number of carbonyl (C=O) groups is 3. The largest absolute Gasteiger partial charge is 0.482 e. The van der Waals surface area contributed by atoms with Crippen LogP contribution >= 0.6 is 0 Å². The Morgan fingerprint density at radius 1 is 0.879 bits per heavy atom. The van der Waals surface area contributed by atoms with E-state index in [1.54, 1.807) is 42.5 Å². The number of hydrogen-bond acceptors (Lipinski definition) is 4. The minimum absolute atomic E-state index is 0.162. The highest BCUT2D eigenvalue weighted by molar-refractivity contribution is 6.00. The zero-order valence-corrected chi connectivity index (χ0v) is 18.1. The Morgan fingerprint density at radius 3 is 2.36 bits per heavy atom. The molecular formula is C25H25N3O5. The van der Waals surface area contributed by atoms with Crippen LogP contribution in [0, 0.1) is 6.92 Å². The quantitative estimate of drug-likeness (QED) is 0.396. The summed E-state index contributed by atoms with van der Waals surface area (Å²) in [5, 5.41) is 17.1. The first-order valence-electron chi connectivity index (χ1n) is 10.3. The molecule has 0 atom stereocenters. The Bertz CT molecular complexity index is 1130. The van der Waals surface area contributed by atoms with E-state index in [2.05, 4.69) is 16.0 Å². The predicted molar refractivity (Wildman–Crippen MR) is 125 cm³/mol. The first-order chi connectivity index (χ1) is 15.9. The fourth-order valence-electron chi connectivity index (χ4n) is 3.04. The molecule has 0 unspecified atom stereocenters. The molecule has 0 aliphatic rings. The van der Waals surface area contributed by atoms with Crippen LogP contribution in [0.3, 0.4) is 0 Å². The number of nitrogens with one attached hydrogen (secondary N) is 3. The number of carboxylic acids is 1. The molecule has 170 valence electrons. The van der Waals surface area contributed by atoms with E-state index >= 15 is 0 Å². The van der Waals surface area contributed by atoms with Crippen molar-refractivity contribution in [1.82, 2.24) is 5.32 Å². The maximum Gasteiger partial charge on any atom is 0.341 e. The summed E-state index contributed by atoms with van der Waals surface area (Å²) in [5.41, 5.74) is 3.92. The molecule has 3 aromatic carbocycles. The lowest BCUT2D eigenvalue weighted by atomic mass is 10.1. The van der Waals surface area contributed by atoms with Gasteiger partial charge in [0.05, 0.1) is 6.42 Å². The Hall–Kier alpha value is -4.33. The second-order valence-corrected chi connectivity index (χ2v) is 7.37. The fraction of sp³-hybridized carbons (Fsp3) is 0.160. The number of aryl methyl sites for hydroxylation is 1. The van der Waals surface area contributed by atoms with E-state index in [9.17, 15) is 14.4 Å². The highest BCUT2D eigenvalue weighted by atomic mass is 16.5. The average Bonchev–Trinajstić information content (AvgIpc) is 2.79. The van der Waals surface area contributed by atoms with Crippen LogP contribution in [0.2, 0.25) is 0 Å². The van der Waals surface area contributed by atoms with E-state index < -0.39 is 12.6 Å². The number of para-hydroxylation sites is 1. The van der Waals surface area contributed by atoms with Gasteiger partial charge in [-0.1, -0.05) is 42.5 Å². The van der Waals surface area contributed by atoms with E-state index in [4.69, 9.17) is 9.84 Å². The second kappa shape index (κ2) is 11.3. The third-order valence-electron chi connectivity index (χ3n) is 4.72. The van der Waals surface area contributed by atoms with Crippen molar-refractivity contribution >= 4 is 29.3 Å². The molecule has 4 N–H and O–H groups in total. The number of anilines is 2. The van der Waals surface area contributed by atoms with Gasteiger partial charge >= 0.3 is 12.0 Å². The number of benzene rings is 3. The molecule has 0 aliphatic carbocycles. The highest BCUT2D eigenvalue weighted by Crippen LogP contribution is 2.16.